The minimum Gasteiger partial charge on any atom is -0.447 e. The van der Waals surface area contributed by atoms with Crippen LogP contribution in [0.5, 0.6) is 10.8 Å². The van der Waals surface area contributed by atoms with Crippen LogP contribution in [0, 0.1) is 0 Å². The first-order chi connectivity index (χ1) is 10.3. The summed E-state index contributed by atoms with van der Waals surface area (Å²) in [6.07, 6.45) is 1.69. The van der Waals surface area contributed by atoms with E-state index in [4.69, 9.17) is 16.3 Å². The zero-order chi connectivity index (χ0) is 14.7. The summed E-state index contributed by atoms with van der Waals surface area (Å²) in [6.45, 7) is 0. The zero-order valence-corrected chi connectivity index (χ0v) is 12.6. The fourth-order valence-corrected chi connectivity index (χ4v) is 2.76. The fraction of sp³-hybridized carbons (Fsp3) is 0.0714. The maximum Gasteiger partial charge on any atom is 0.181 e. The Morgan fingerprint density at radius 1 is 1.24 bits per heavy atom. The van der Waals surface area contributed by atoms with E-state index in [9.17, 15) is 0 Å². The minimum atomic E-state index is 0.681. The number of aliphatic imine (C=N–C) groups is 1. The molecule has 0 fully saturated rings. The molecule has 2 aromatic heterocycles. The van der Waals surface area contributed by atoms with Crippen LogP contribution in [0.2, 0.25) is 5.02 Å². The number of thiophene rings is 1. The number of aromatic amines is 1. The predicted octanol–water partition coefficient (Wildman–Crippen LogP) is 4.03. The van der Waals surface area contributed by atoms with Gasteiger partial charge in [0.25, 0.3) is 0 Å². The van der Waals surface area contributed by atoms with Gasteiger partial charge in [0, 0.05) is 18.3 Å². The van der Waals surface area contributed by atoms with Gasteiger partial charge in [-0.2, -0.15) is 0 Å². The molecule has 7 heteroatoms. The molecule has 106 valence electrons. The molecule has 0 amide bonds. The number of rotatable bonds is 4. The van der Waals surface area contributed by atoms with Crippen LogP contribution in [-0.4, -0.2) is 28.7 Å². The molecule has 0 aliphatic carbocycles. The molecule has 2 heterocycles. The van der Waals surface area contributed by atoms with E-state index in [1.54, 1.807) is 25.4 Å². The monoisotopic (exact) mass is 318 g/mol. The molecule has 0 atom stereocenters. The summed E-state index contributed by atoms with van der Waals surface area (Å²) in [5.41, 5.74) is 1.54. The standard InChI is InChI=1S/C14H11ClN4OS/c1-16-8-11-14(18-19-17-11)12-6-7-13(21-12)20-10-4-2-9(15)3-5-10/h2-8H,1H3,(H,17,18,19)/b16-8+. The first-order valence-electron chi connectivity index (χ1n) is 6.13. The first-order valence-corrected chi connectivity index (χ1v) is 7.32. The molecule has 1 aromatic carbocycles. The Kier molecular flexibility index (Phi) is 3.98. The number of H-pyrrole nitrogens is 1. The lowest BCUT2D eigenvalue weighted by Crippen LogP contribution is -1.84. The molecule has 0 saturated carbocycles. The highest BCUT2D eigenvalue weighted by Gasteiger charge is 2.11. The third kappa shape index (κ3) is 3.12. The molecular weight excluding hydrogens is 308 g/mol. The highest BCUT2D eigenvalue weighted by Crippen LogP contribution is 2.35. The first kappa shape index (κ1) is 13.8. The van der Waals surface area contributed by atoms with E-state index in [1.165, 1.54) is 11.3 Å². The highest BCUT2D eigenvalue weighted by atomic mass is 35.5. The number of aromatic nitrogens is 3. The molecule has 21 heavy (non-hydrogen) atoms. The largest absolute Gasteiger partial charge is 0.447 e. The van der Waals surface area contributed by atoms with Gasteiger partial charge in [-0.25, -0.2) is 0 Å². The molecule has 3 aromatic rings. The second kappa shape index (κ2) is 6.07. The normalized spacial score (nSPS) is 11.1. The Morgan fingerprint density at radius 3 is 2.81 bits per heavy atom. The van der Waals surface area contributed by atoms with E-state index >= 15 is 0 Å². The summed E-state index contributed by atoms with van der Waals surface area (Å²) in [5.74, 6) is 0.739. The van der Waals surface area contributed by atoms with Gasteiger partial charge >= 0.3 is 0 Å². The van der Waals surface area contributed by atoms with E-state index in [2.05, 4.69) is 20.4 Å². The van der Waals surface area contributed by atoms with Crippen LogP contribution in [-0.2, 0) is 0 Å². The van der Waals surface area contributed by atoms with Crippen molar-refractivity contribution >= 4 is 29.2 Å². The molecule has 1 N–H and O–H groups in total. The minimum absolute atomic E-state index is 0.681. The SMILES string of the molecule is C/N=C/c1[nH]nnc1-c1ccc(Oc2ccc(Cl)cc2)s1. The summed E-state index contributed by atoms with van der Waals surface area (Å²) < 4.78 is 5.78. The topological polar surface area (TPSA) is 63.2 Å². The number of nitrogens with one attached hydrogen (secondary N) is 1. The second-order valence-corrected chi connectivity index (χ2v) is 5.62. The molecule has 0 bridgehead atoms. The van der Waals surface area contributed by atoms with Crippen molar-refractivity contribution in [2.24, 2.45) is 4.99 Å². The van der Waals surface area contributed by atoms with Crippen molar-refractivity contribution in [1.29, 1.82) is 0 Å². The van der Waals surface area contributed by atoms with Crippen LogP contribution in [0.25, 0.3) is 10.6 Å². The number of halogens is 1. The van der Waals surface area contributed by atoms with E-state index in [0.717, 1.165) is 27.1 Å². The van der Waals surface area contributed by atoms with Crippen molar-refractivity contribution in [2.45, 2.75) is 0 Å². The van der Waals surface area contributed by atoms with Crippen LogP contribution < -0.4 is 4.74 Å². The van der Waals surface area contributed by atoms with Gasteiger partial charge in [0.2, 0.25) is 0 Å². The third-order valence-corrected chi connectivity index (χ3v) is 3.90. The van der Waals surface area contributed by atoms with E-state index in [0.29, 0.717) is 5.02 Å². The summed E-state index contributed by atoms with van der Waals surface area (Å²) in [7, 11) is 1.70. The lowest BCUT2D eigenvalue weighted by molar-refractivity contribution is 0.496. The van der Waals surface area contributed by atoms with Gasteiger partial charge in [-0.1, -0.05) is 28.2 Å². The van der Waals surface area contributed by atoms with Crippen LogP contribution in [0.15, 0.2) is 41.4 Å². The second-order valence-electron chi connectivity index (χ2n) is 4.14. The number of hydrogen-bond donors (Lipinski definition) is 1. The fourth-order valence-electron chi connectivity index (χ4n) is 1.76. The lowest BCUT2D eigenvalue weighted by Gasteiger charge is -2.01. The van der Waals surface area contributed by atoms with Crippen LogP contribution in [0.3, 0.4) is 0 Å². The van der Waals surface area contributed by atoms with Crippen molar-refractivity contribution < 1.29 is 4.74 Å². The number of ether oxygens (including phenoxy) is 1. The summed E-state index contributed by atoms with van der Waals surface area (Å²) in [4.78, 5) is 4.93. The van der Waals surface area contributed by atoms with E-state index in [1.807, 2.05) is 24.3 Å². The van der Waals surface area contributed by atoms with Crippen molar-refractivity contribution in [3.63, 3.8) is 0 Å². The summed E-state index contributed by atoms with van der Waals surface area (Å²) in [6, 6.07) is 11.1. The molecule has 0 saturated heterocycles. The van der Waals surface area contributed by atoms with Gasteiger partial charge in [0.1, 0.15) is 17.1 Å². The van der Waals surface area contributed by atoms with Gasteiger partial charge in [0.15, 0.2) is 5.06 Å². The van der Waals surface area contributed by atoms with Gasteiger partial charge in [0.05, 0.1) is 4.88 Å². The Hall–Kier alpha value is -2.18. The average Bonchev–Trinajstić information content (AvgIpc) is 3.11. The van der Waals surface area contributed by atoms with Crippen molar-refractivity contribution in [3.8, 4) is 21.4 Å². The van der Waals surface area contributed by atoms with Crippen LogP contribution in [0.1, 0.15) is 5.69 Å². The van der Waals surface area contributed by atoms with Gasteiger partial charge in [-0.05, 0) is 36.4 Å². The van der Waals surface area contributed by atoms with Crippen molar-refractivity contribution in [2.75, 3.05) is 7.05 Å². The Bertz CT molecular complexity index is 763. The van der Waals surface area contributed by atoms with Gasteiger partial charge < -0.3 is 4.74 Å². The molecule has 0 aliphatic rings. The molecule has 0 unspecified atom stereocenters. The third-order valence-electron chi connectivity index (χ3n) is 2.68. The predicted molar refractivity (Wildman–Crippen MR) is 84.7 cm³/mol. The number of hydrogen-bond acceptors (Lipinski definition) is 5. The maximum absolute atomic E-state index is 5.85. The number of nitrogens with zero attached hydrogens (tertiary/aromatic N) is 3. The van der Waals surface area contributed by atoms with Crippen molar-refractivity contribution in [3.05, 3.63) is 47.1 Å². The van der Waals surface area contributed by atoms with E-state index in [-0.39, 0.29) is 0 Å². The molecule has 0 aliphatic heterocycles. The van der Waals surface area contributed by atoms with Gasteiger partial charge in [-0.15, -0.1) is 5.10 Å². The molecule has 0 radical (unpaired) electrons. The van der Waals surface area contributed by atoms with Crippen molar-refractivity contribution in [1.82, 2.24) is 15.4 Å². The Balaban J connectivity index is 1.83. The highest BCUT2D eigenvalue weighted by molar-refractivity contribution is 7.17. The smallest absolute Gasteiger partial charge is 0.181 e. The molecule has 3 rings (SSSR count). The van der Waals surface area contributed by atoms with E-state index < -0.39 is 0 Å². The Morgan fingerprint density at radius 2 is 2.05 bits per heavy atom. The maximum atomic E-state index is 5.85. The van der Waals surface area contributed by atoms with Crippen LogP contribution >= 0.6 is 22.9 Å². The molecular formula is C14H11ClN4OS. The zero-order valence-electron chi connectivity index (χ0n) is 11.1. The average molecular weight is 319 g/mol. The molecule has 0 spiro atoms. The quantitative estimate of drug-likeness (QED) is 0.739. The van der Waals surface area contributed by atoms with Crippen LogP contribution in [0.4, 0.5) is 0 Å². The summed E-state index contributed by atoms with van der Waals surface area (Å²) >= 11 is 7.34. The lowest BCUT2D eigenvalue weighted by atomic mass is 10.3. The number of benzene rings is 1. The summed E-state index contributed by atoms with van der Waals surface area (Å²) in [5, 5.41) is 12.1. The molecule has 5 nitrogen and oxygen atoms in total. The van der Waals surface area contributed by atoms with Gasteiger partial charge in [-0.3, -0.25) is 10.1 Å². The Labute approximate surface area is 130 Å².